The van der Waals surface area contributed by atoms with Crippen molar-refractivity contribution in [2.75, 3.05) is 26.0 Å². The number of hydrogen-bond donors (Lipinski definition) is 1. The van der Waals surface area contributed by atoms with E-state index in [9.17, 15) is 14.9 Å². The Kier molecular flexibility index (Phi) is 4.65. The number of rotatable bonds is 5. The van der Waals surface area contributed by atoms with Crippen molar-refractivity contribution in [2.45, 2.75) is 13.3 Å². The van der Waals surface area contributed by atoms with E-state index in [-0.39, 0.29) is 11.6 Å². The van der Waals surface area contributed by atoms with Gasteiger partial charge in [-0.2, -0.15) is 0 Å². The smallest absolute Gasteiger partial charge is 0.292 e. The standard InChI is InChI=1S/C12H17N3O3/c1-4-7-13-10-8-9(12(16)14(2)3)5-6-11(10)15(17)18/h5-6,8,13H,4,7H2,1-3H3. The highest BCUT2D eigenvalue weighted by molar-refractivity contribution is 5.95. The summed E-state index contributed by atoms with van der Waals surface area (Å²) in [6, 6.07) is 4.35. The van der Waals surface area contributed by atoms with E-state index >= 15 is 0 Å². The van der Waals surface area contributed by atoms with E-state index < -0.39 is 4.92 Å². The van der Waals surface area contributed by atoms with Crippen molar-refractivity contribution >= 4 is 17.3 Å². The molecule has 6 nitrogen and oxygen atoms in total. The Bertz CT molecular complexity index is 458. The molecule has 0 radical (unpaired) electrons. The molecule has 1 aromatic rings. The summed E-state index contributed by atoms with van der Waals surface area (Å²) >= 11 is 0. The molecule has 0 aliphatic carbocycles. The molecule has 0 atom stereocenters. The van der Waals surface area contributed by atoms with Crippen LogP contribution in [0.2, 0.25) is 0 Å². The monoisotopic (exact) mass is 251 g/mol. The maximum atomic E-state index is 11.8. The maximum absolute atomic E-state index is 11.8. The number of anilines is 1. The molecule has 1 aromatic carbocycles. The molecule has 0 aliphatic heterocycles. The van der Waals surface area contributed by atoms with Gasteiger partial charge < -0.3 is 10.2 Å². The van der Waals surface area contributed by atoms with E-state index in [1.54, 1.807) is 14.1 Å². The van der Waals surface area contributed by atoms with E-state index in [1.165, 1.54) is 23.1 Å². The molecule has 1 N–H and O–H groups in total. The molecule has 0 saturated heterocycles. The largest absolute Gasteiger partial charge is 0.379 e. The SMILES string of the molecule is CCCNc1cc(C(=O)N(C)C)ccc1[N+](=O)[O-]. The van der Waals surface area contributed by atoms with Crippen LogP contribution in [-0.2, 0) is 0 Å². The van der Waals surface area contributed by atoms with Gasteiger partial charge in [0.2, 0.25) is 0 Å². The predicted molar refractivity (Wildman–Crippen MR) is 69.9 cm³/mol. The van der Waals surface area contributed by atoms with E-state index in [0.29, 0.717) is 17.8 Å². The average Bonchev–Trinajstić information content (AvgIpc) is 2.34. The molecule has 1 rings (SSSR count). The van der Waals surface area contributed by atoms with Crippen molar-refractivity contribution < 1.29 is 9.72 Å². The fourth-order valence-electron chi connectivity index (χ4n) is 1.49. The van der Waals surface area contributed by atoms with Crippen LogP contribution in [0.25, 0.3) is 0 Å². The molecule has 0 spiro atoms. The lowest BCUT2D eigenvalue weighted by atomic mass is 10.1. The van der Waals surface area contributed by atoms with Gasteiger partial charge in [-0.3, -0.25) is 14.9 Å². The third-order valence-corrected chi connectivity index (χ3v) is 2.41. The molecule has 0 saturated carbocycles. The number of carbonyl (C=O) groups is 1. The molecule has 0 bridgehead atoms. The van der Waals surface area contributed by atoms with E-state index in [0.717, 1.165) is 6.42 Å². The van der Waals surface area contributed by atoms with Crippen LogP contribution in [0.15, 0.2) is 18.2 Å². The van der Waals surface area contributed by atoms with Gasteiger partial charge >= 0.3 is 0 Å². The summed E-state index contributed by atoms with van der Waals surface area (Å²) in [5.74, 6) is -0.176. The van der Waals surface area contributed by atoms with Crippen LogP contribution in [0.4, 0.5) is 11.4 Å². The predicted octanol–water partition coefficient (Wildman–Crippen LogP) is 2.12. The zero-order chi connectivity index (χ0) is 13.7. The van der Waals surface area contributed by atoms with Gasteiger partial charge in [-0.05, 0) is 18.6 Å². The molecular weight excluding hydrogens is 234 g/mol. The molecule has 0 aromatic heterocycles. The van der Waals surface area contributed by atoms with Gasteiger partial charge in [-0.25, -0.2) is 0 Å². The molecule has 6 heteroatoms. The summed E-state index contributed by atoms with van der Waals surface area (Å²) in [4.78, 5) is 23.6. The molecule has 18 heavy (non-hydrogen) atoms. The van der Waals surface area contributed by atoms with Crippen LogP contribution in [0.3, 0.4) is 0 Å². The van der Waals surface area contributed by atoms with Crippen molar-refractivity contribution in [1.82, 2.24) is 4.90 Å². The lowest BCUT2D eigenvalue weighted by Gasteiger charge is -2.12. The lowest BCUT2D eigenvalue weighted by molar-refractivity contribution is -0.384. The van der Waals surface area contributed by atoms with E-state index in [1.807, 2.05) is 6.92 Å². The first-order chi connectivity index (χ1) is 8.47. The molecule has 0 aliphatic rings. The fourth-order valence-corrected chi connectivity index (χ4v) is 1.49. The molecule has 0 unspecified atom stereocenters. The van der Waals surface area contributed by atoms with E-state index in [4.69, 9.17) is 0 Å². The van der Waals surface area contributed by atoms with Crippen molar-refractivity contribution in [2.24, 2.45) is 0 Å². The van der Waals surface area contributed by atoms with Gasteiger partial charge in [-0.15, -0.1) is 0 Å². The van der Waals surface area contributed by atoms with Gasteiger partial charge in [0, 0.05) is 32.3 Å². The minimum atomic E-state index is -0.456. The first kappa shape index (κ1) is 14.0. The molecule has 98 valence electrons. The Balaban J connectivity index is 3.12. The van der Waals surface area contributed by atoms with Crippen LogP contribution in [0.5, 0.6) is 0 Å². The number of amides is 1. The quantitative estimate of drug-likeness (QED) is 0.642. The number of nitro benzene ring substituents is 1. The lowest BCUT2D eigenvalue weighted by Crippen LogP contribution is -2.21. The van der Waals surface area contributed by atoms with Crippen LogP contribution in [-0.4, -0.2) is 36.4 Å². The van der Waals surface area contributed by atoms with Crippen LogP contribution >= 0.6 is 0 Å². The molecule has 0 heterocycles. The second-order valence-electron chi connectivity index (χ2n) is 4.12. The number of nitro groups is 1. The van der Waals surface area contributed by atoms with Crippen molar-refractivity contribution in [3.8, 4) is 0 Å². The Morgan fingerprint density at radius 3 is 2.61 bits per heavy atom. The summed E-state index contributed by atoms with van der Waals surface area (Å²) in [5, 5.41) is 13.8. The third-order valence-electron chi connectivity index (χ3n) is 2.41. The maximum Gasteiger partial charge on any atom is 0.292 e. The minimum Gasteiger partial charge on any atom is -0.379 e. The van der Waals surface area contributed by atoms with Gasteiger partial charge in [0.05, 0.1) is 4.92 Å². The third kappa shape index (κ3) is 3.19. The highest BCUT2D eigenvalue weighted by atomic mass is 16.6. The molecular formula is C12H17N3O3. The summed E-state index contributed by atoms with van der Waals surface area (Å²) in [6.45, 7) is 2.59. The number of carbonyl (C=O) groups excluding carboxylic acids is 1. The first-order valence-corrected chi connectivity index (χ1v) is 5.71. The van der Waals surface area contributed by atoms with Gasteiger partial charge in [0.15, 0.2) is 0 Å². The van der Waals surface area contributed by atoms with Crippen molar-refractivity contribution in [3.63, 3.8) is 0 Å². The normalized spacial score (nSPS) is 9.94. The summed E-state index contributed by atoms with van der Waals surface area (Å²) in [7, 11) is 3.28. The summed E-state index contributed by atoms with van der Waals surface area (Å²) in [6.07, 6.45) is 0.850. The highest BCUT2D eigenvalue weighted by Crippen LogP contribution is 2.25. The second kappa shape index (κ2) is 6.00. The Morgan fingerprint density at radius 1 is 1.44 bits per heavy atom. The number of nitrogens with one attached hydrogen (secondary N) is 1. The Hall–Kier alpha value is -2.11. The number of nitrogens with zero attached hydrogens (tertiary/aromatic N) is 2. The fraction of sp³-hybridized carbons (Fsp3) is 0.417. The van der Waals surface area contributed by atoms with Crippen LogP contribution < -0.4 is 5.32 Å². The van der Waals surface area contributed by atoms with Crippen molar-refractivity contribution in [1.29, 1.82) is 0 Å². The second-order valence-corrected chi connectivity index (χ2v) is 4.12. The number of benzene rings is 1. The van der Waals surface area contributed by atoms with Crippen molar-refractivity contribution in [3.05, 3.63) is 33.9 Å². The summed E-state index contributed by atoms with van der Waals surface area (Å²) in [5.41, 5.74) is 0.803. The summed E-state index contributed by atoms with van der Waals surface area (Å²) < 4.78 is 0. The van der Waals surface area contributed by atoms with Crippen LogP contribution in [0, 0.1) is 10.1 Å². The topological polar surface area (TPSA) is 75.5 Å². The van der Waals surface area contributed by atoms with Crippen LogP contribution in [0.1, 0.15) is 23.7 Å². The van der Waals surface area contributed by atoms with Gasteiger partial charge in [-0.1, -0.05) is 6.92 Å². The van der Waals surface area contributed by atoms with Gasteiger partial charge in [0.1, 0.15) is 5.69 Å². The van der Waals surface area contributed by atoms with Gasteiger partial charge in [0.25, 0.3) is 11.6 Å². The Labute approximate surface area is 106 Å². The first-order valence-electron chi connectivity index (χ1n) is 5.71. The average molecular weight is 251 g/mol. The highest BCUT2D eigenvalue weighted by Gasteiger charge is 2.17. The molecule has 0 fully saturated rings. The molecule has 1 amide bonds. The minimum absolute atomic E-state index is 0.0150. The Morgan fingerprint density at radius 2 is 2.11 bits per heavy atom. The zero-order valence-corrected chi connectivity index (χ0v) is 10.8. The zero-order valence-electron chi connectivity index (χ0n) is 10.8. The van der Waals surface area contributed by atoms with E-state index in [2.05, 4.69) is 5.32 Å². The number of hydrogen-bond acceptors (Lipinski definition) is 4.